The van der Waals surface area contributed by atoms with Crippen LogP contribution in [0.3, 0.4) is 0 Å². The maximum atomic E-state index is 15.3. The average molecular weight is 550 g/mol. The normalized spacial score (nSPS) is 14.8. The van der Waals surface area contributed by atoms with Crippen molar-refractivity contribution in [2.45, 2.75) is 11.2 Å². The summed E-state index contributed by atoms with van der Waals surface area (Å²) in [6.45, 7) is 0. The first-order chi connectivity index (χ1) is 18.6. The third-order valence-corrected chi connectivity index (χ3v) is 7.30. The molecule has 0 amide bonds. The van der Waals surface area contributed by atoms with Crippen molar-refractivity contribution in [1.82, 2.24) is 0 Å². The molecule has 4 rings (SSSR count). The lowest BCUT2D eigenvalue weighted by atomic mass is 9.71. The molecule has 0 saturated carbocycles. The lowest BCUT2D eigenvalue weighted by Gasteiger charge is -2.41. The lowest BCUT2D eigenvalue weighted by molar-refractivity contribution is -0.145. The molecule has 196 valence electrons. The summed E-state index contributed by atoms with van der Waals surface area (Å²) in [5.74, 6) is 0.319. The van der Waals surface area contributed by atoms with Gasteiger partial charge in [-0.2, -0.15) is 0 Å². The quantitative estimate of drug-likeness (QED) is 0.205. The van der Waals surface area contributed by atoms with Gasteiger partial charge in [-0.25, -0.2) is 0 Å². The molecule has 0 aliphatic heterocycles. The van der Waals surface area contributed by atoms with Crippen LogP contribution in [0, 0.1) is 0 Å². The van der Waals surface area contributed by atoms with Crippen molar-refractivity contribution >= 4 is 23.2 Å². The molecule has 0 N–H and O–H groups in total. The molecule has 0 aliphatic carbocycles. The molecule has 7 nitrogen and oxygen atoms in total. The van der Waals surface area contributed by atoms with Gasteiger partial charge in [0.15, 0.2) is 28.6 Å². The molecule has 0 spiro atoms. The molecular formula is C29H28O7P2. The number of carbonyl (C=O) groups excluding carboxylic acids is 1. The Hall–Kier alpha value is -3.47. The summed E-state index contributed by atoms with van der Waals surface area (Å²) in [7, 11) is -0.738. The predicted molar refractivity (Wildman–Crippen MR) is 148 cm³/mol. The zero-order valence-corrected chi connectivity index (χ0v) is 23.2. The number of ketones is 1. The zero-order valence-electron chi connectivity index (χ0n) is 20.9. The van der Waals surface area contributed by atoms with Crippen molar-refractivity contribution in [3.8, 4) is 11.5 Å². The van der Waals surface area contributed by atoms with Gasteiger partial charge in [-0.15, -0.1) is 0 Å². The van der Waals surface area contributed by atoms with Gasteiger partial charge < -0.3 is 18.5 Å². The third-order valence-electron chi connectivity index (χ3n) is 6.40. The molecule has 0 saturated heterocycles. The van der Waals surface area contributed by atoms with E-state index in [-0.39, 0.29) is 0 Å². The first-order valence-electron chi connectivity index (χ1n) is 11.7. The van der Waals surface area contributed by atoms with Crippen molar-refractivity contribution < 1.29 is 32.4 Å². The summed E-state index contributed by atoms with van der Waals surface area (Å²) >= 11 is 0. The van der Waals surface area contributed by atoms with E-state index in [0.29, 0.717) is 33.8 Å². The molecule has 4 atom stereocenters. The van der Waals surface area contributed by atoms with E-state index in [1.54, 1.807) is 109 Å². The van der Waals surface area contributed by atoms with Crippen molar-refractivity contribution in [1.29, 1.82) is 0 Å². The van der Waals surface area contributed by atoms with Crippen LogP contribution in [0.25, 0.3) is 0 Å². The maximum Gasteiger partial charge on any atom is 0.215 e. The zero-order chi connectivity index (χ0) is 27.0. The Bertz CT molecular complexity index is 1310. The number of methoxy groups -OCH3 is 2. The summed E-state index contributed by atoms with van der Waals surface area (Å²) < 4.78 is 47.7. The molecule has 0 aromatic heterocycles. The molecule has 0 aliphatic rings. The Morgan fingerprint density at radius 2 is 0.921 bits per heavy atom. The fourth-order valence-corrected chi connectivity index (χ4v) is 5.71. The number of carbonyl (C=O) groups is 1. The van der Waals surface area contributed by atoms with Crippen LogP contribution >= 0.6 is 17.4 Å². The van der Waals surface area contributed by atoms with Crippen molar-refractivity contribution in [3.63, 3.8) is 0 Å². The lowest BCUT2D eigenvalue weighted by Crippen LogP contribution is -2.51. The minimum atomic E-state index is -1.92. The van der Waals surface area contributed by atoms with Crippen molar-refractivity contribution in [3.05, 3.63) is 131 Å². The molecule has 0 radical (unpaired) electrons. The minimum absolute atomic E-state index is 0.379. The SMILES string of the molecule is COc1cccc(C(O[PH2]=O)(C(=O)C(O[PH2]=O)(c2ccccc2)c2cccc(OC)c2)c2ccccc2)c1. The van der Waals surface area contributed by atoms with Crippen molar-refractivity contribution in [2.75, 3.05) is 14.2 Å². The van der Waals surface area contributed by atoms with Gasteiger partial charge in [-0.1, -0.05) is 84.9 Å². The number of benzene rings is 4. The van der Waals surface area contributed by atoms with E-state index < -0.39 is 34.4 Å². The minimum Gasteiger partial charge on any atom is -0.497 e. The van der Waals surface area contributed by atoms with Crippen molar-refractivity contribution in [2.24, 2.45) is 0 Å². The summed E-state index contributed by atoms with van der Waals surface area (Å²) in [5, 5.41) is 0. The highest BCUT2D eigenvalue weighted by Gasteiger charge is 2.56. The van der Waals surface area contributed by atoms with Gasteiger partial charge in [0.25, 0.3) is 0 Å². The van der Waals surface area contributed by atoms with Gasteiger partial charge in [0.2, 0.25) is 5.78 Å². The van der Waals surface area contributed by atoms with Crippen LogP contribution < -0.4 is 9.47 Å². The second-order valence-electron chi connectivity index (χ2n) is 8.32. The first kappa shape index (κ1) is 27.6. The average Bonchev–Trinajstić information content (AvgIpc) is 2.99. The van der Waals surface area contributed by atoms with Gasteiger partial charge in [0.05, 0.1) is 14.2 Å². The molecule has 38 heavy (non-hydrogen) atoms. The first-order valence-corrected chi connectivity index (χ1v) is 13.6. The highest BCUT2D eigenvalue weighted by molar-refractivity contribution is 7.17. The Kier molecular flexibility index (Phi) is 8.98. The van der Waals surface area contributed by atoms with E-state index in [2.05, 4.69) is 0 Å². The number of Topliss-reactive ketones (excluding diaryl/α,β-unsaturated/α-hetero) is 1. The number of ether oxygens (including phenoxy) is 2. The Morgan fingerprint density at radius 3 is 1.26 bits per heavy atom. The van der Waals surface area contributed by atoms with Crippen LogP contribution in [0.5, 0.6) is 11.5 Å². The summed E-state index contributed by atoms with van der Waals surface area (Å²) in [6, 6.07) is 31.2. The van der Waals surface area contributed by atoms with Gasteiger partial charge in [-0.05, 0) is 35.4 Å². The molecular weight excluding hydrogens is 522 g/mol. The van der Waals surface area contributed by atoms with Crippen LogP contribution in [0.4, 0.5) is 0 Å². The van der Waals surface area contributed by atoms with Crippen LogP contribution in [0.15, 0.2) is 109 Å². The Labute approximate surface area is 223 Å². The number of rotatable bonds is 12. The molecule has 4 aromatic carbocycles. The monoisotopic (exact) mass is 550 g/mol. The van der Waals surface area contributed by atoms with Gasteiger partial charge in [0, 0.05) is 11.1 Å². The molecule has 9 heteroatoms. The van der Waals surface area contributed by atoms with E-state index in [0.717, 1.165) is 0 Å². The van der Waals surface area contributed by atoms with Crippen LogP contribution in [-0.2, 0) is 34.2 Å². The van der Waals surface area contributed by atoms with Crippen LogP contribution in [-0.4, -0.2) is 20.0 Å². The van der Waals surface area contributed by atoms with Gasteiger partial charge in [0.1, 0.15) is 11.5 Å². The van der Waals surface area contributed by atoms with E-state index in [9.17, 15) is 9.13 Å². The summed E-state index contributed by atoms with van der Waals surface area (Å²) in [4.78, 5) is 15.3. The van der Waals surface area contributed by atoms with Gasteiger partial charge in [-0.3, -0.25) is 13.9 Å². The van der Waals surface area contributed by atoms with Crippen LogP contribution in [0.2, 0.25) is 0 Å². The fourth-order valence-electron chi connectivity index (χ4n) is 4.66. The summed E-state index contributed by atoms with van der Waals surface area (Å²) in [5.41, 5.74) is -2.22. The van der Waals surface area contributed by atoms with Crippen LogP contribution in [0.1, 0.15) is 22.3 Å². The summed E-state index contributed by atoms with van der Waals surface area (Å²) in [6.07, 6.45) is 0. The Morgan fingerprint density at radius 1 is 0.553 bits per heavy atom. The van der Waals surface area contributed by atoms with E-state index in [1.165, 1.54) is 14.2 Å². The predicted octanol–water partition coefficient (Wildman–Crippen LogP) is 5.84. The Balaban J connectivity index is 2.15. The standard InChI is InChI=1S/C29H28O7P2/c1-33-25-17-9-15-23(19-25)28(35-37-31,21-11-5-3-6-12-21)27(30)29(36-38-32,22-13-7-4-8-14-22)24-16-10-18-26(20-24)34-2/h3-20H,37-38H2,1-2H3. The topological polar surface area (TPSA) is 88.1 Å². The maximum absolute atomic E-state index is 15.3. The largest absolute Gasteiger partial charge is 0.497 e. The highest BCUT2D eigenvalue weighted by Crippen LogP contribution is 2.49. The van der Waals surface area contributed by atoms with E-state index in [1.807, 2.05) is 0 Å². The molecule has 0 bridgehead atoms. The number of hydrogen-bond acceptors (Lipinski definition) is 7. The third kappa shape index (κ3) is 4.99. The van der Waals surface area contributed by atoms with Gasteiger partial charge >= 0.3 is 0 Å². The number of hydrogen-bond donors (Lipinski definition) is 0. The molecule has 0 fully saturated rings. The second-order valence-corrected chi connectivity index (χ2v) is 9.17. The van der Waals surface area contributed by atoms with E-state index in [4.69, 9.17) is 18.5 Å². The smallest absolute Gasteiger partial charge is 0.215 e. The fraction of sp³-hybridized carbons (Fsp3) is 0.138. The molecule has 0 heterocycles. The van der Waals surface area contributed by atoms with E-state index >= 15 is 4.79 Å². The molecule has 4 aromatic rings. The molecule has 4 unspecified atom stereocenters. The highest BCUT2D eigenvalue weighted by atomic mass is 31.1. The second kappa shape index (κ2) is 12.4.